The fourth-order valence-corrected chi connectivity index (χ4v) is 10.5. The minimum absolute atomic E-state index is 0.0127. The summed E-state index contributed by atoms with van der Waals surface area (Å²) in [7, 11) is 0. The van der Waals surface area contributed by atoms with Crippen LogP contribution in [0.4, 0.5) is 0 Å². The molecule has 6 aromatic carbocycles. The maximum Gasteiger partial charge on any atom is 0.142 e. The van der Waals surface area contributed by atoms with Crippen LogP contribution >= 0.6 is 11.3 Å². The highest BCUT2D eigenvalue weighted by Gasteiger charge is 2.29. The molecule has 9 aromatic rings. The summed E-state index contributed by atoms with van der Waals surface area (Å²) in [6.07, 6.45) is 14.8. The summed E-state index contributed by atoms with van der Waals surface area (Å²) in [6, 6.07) is 45.1. The van der Waals surface area contributed by atoms with Crippen LogP contribution in [0.2, 0.25) is 0 Å². The number of fused-ring (bicyclic) bond motifs is 9. The van der Waals surface area contributed by atoms with Crippen LogP contribution in [-0.4, -0.2) is 6.17 Å². The molecule has 6 heteroatoms. The maximum atomic E-state index is 7.10. The Morgan fingerprint density at radius 2 is 1.42 bits per heavy atom. The molecule has 0 saturated heterocycles. The van der Waals surface area contributed by atoms with Gasteiger partial charge in [-0.1, -0.05) is 152 Å². The molecule has 0 amide bonds. The van der Waals surface area contributed by atoms with E-state index in [0.29, 0.717) is 6.54 Å². The Bertz CT molecular complexity index is 3060. The van der Waals surface area contributed by atoms with Crippen LogP contribution in [-0.2, 0) is 6.54 Å². The second kappa shape index (κ2) is 14.2. The molecule has 0 saturated carbocycles. The van der Waals surface area contributed by atoms with Gasteiger partial charge in [-0.25, -0.2) is 0 Å². The minimum atomic E-state index is -0.286. The van der Waals surface area contributed by atoms with Crippen LogP contribution in [0, 0.1) is 5.92 Å². The number of rotatable bonds is 9. The molecule has 57 heavy (non-hydrogen) atoms. The number of benzene rings is 6. The van der Waals surface area contributed by atoms with E-state index in [1.54, 1.807) is 0 Å². The van der Waals surface area contributed by atoms with Gasteiger partial charge >= 0.3 is 0 Å². The molecule has 4 N–H and O–H groups in total. The van der Waals surface area contributed by atoms with E-state index in [1.807, 2.05) is 35.6 Å². The van der Waals surface area contributed by atoms with Gasteiger partial charge in [0.25, 0.3) is 0 Å². The first kappa shape index (κ1) is 34.2. The van der Waals surface area contributed by atoms with Gasteiger partial charge in [0.15, 0.2) is 0 Å². The fourth-order valence-electron chi connectivity index (χ4n) is 9.17. The number of hydrogen-bond acceptors (Lipinski definition) is 6. The summed E-state index contributed by atoms with van der Waals surface area (Å²) in [5.41, 5.74) is 16.6. The second-order valence-electron chi connectivity index (χ2n) is 15.3. The third-order valence-electron chi connectivity index (χ3n) is 11.9. The number of allylic oxidation sites excluding steroid dienone is 4. The van der Waals surface area contributed by atoms with Gasteiger partial charge in [-0.2, -0.15) is 0 Å². The average molecular weight is 760 g/mol. The van der Waals surface area contributed by atoms with Crippen LogP contribution in [0.5, 0.6) is 0 Å². The van der Waals surface area contributed by atoms with Crippen molar-refractivity contribution in [2.75, 3.05) is 0 Å². The Kier molecular flexibility index (Phi) is 8.52. The second-order valence-corrected chi connectivity index (χ2v) is 16.3. The SMILES string of the molecule is NC(NC(NCc1cccc2c1sc1c(-c3cccc4c5c(oc34)C(c3cccc4oc6ccccc6c34)CC=C5)cccc12)C1C=CC=CC1)c1ccccc1. The van der Waals surface area contributed by atoms with Crippen molar-refractivity contribution < 1.29 is 8.83 Å². The molecule has 0 fully saturated rings. The highest BCUT2D eigenvalue weighted by atomic mass is 32.1. The number of para-hydroxylation sites is 2. The summed E-state index contributed by atoms with van der Waals surface area (Å²) in [5.74, 6) is 1.37. The lowest BCUT2D eigenvalue weighted by atomic mass is 9.84. The molecule has 2 aliphatic rings. The Morgan fingerprint density at radius 3 is 2.30 bits per heavy atom. The van der Waals surface area contributed by atoms with E-state index in [0.717, 1.165) is 57.3 Å². The Hall–Kier alpha value is -6.02. The number of nitrogens with two attached hydrogens (primary N) is 1. The van der Waals surface area contributed by atoms with Crippen LogP contribution < -0.4 is 16.4 Å². The van der Waals surface area contributed by atoms with E-state index in [4.69, 9.17) is 14.6 Å². The van der Waals surface area contributed by atoms with Crippen molar-refractivity contribution in [1.29, 1.82) is 0 Å². The lowest BCUT2D eigenvalue weighted by Crippen LogP contribution is -2.50. The van der Waals surface area contributed by atoms with Gasteiger partial charge in [-0.3, -0.25) is 10.6 Å². The molecule has 0 aliphatic heterocycles. The third-order valence-corrected chi connectivity index (χ3v) is 13.3. The van der Waals surface area contributed by atoms with Gasteiger partial charge in [-0.15, -0.1) is 11.3 Å². The first-order chi connectivity index (χ1) is 28.2. The lowest BCUT2D eigenvalue weighted by molar-refractivity contribution is 0.308. The van der Waals surface area contributed by atoms with Gasteiger partial charge < -0.3 is 14.6 Å². The highest BCUT2D eigenvalue weighted by Crippen LogP contribution is 2.48. The summed E-state index contributed by atoms with van der Waals surface area (Å²) in [5, 5.41) is 13.6. The van der Waals surface area contributed by atoms with Crippen molar-refractivity contribution in [2.45, 2.75) is 37.6 Å². The van der Waals surface area contributed by atoms with Crippen molar-refractivity contribution in [3.8, 4) is 11.1 Å². The zero-order valence-electron chi connectivity index (χ0n) is 31.3. The van der Waals surface area contributed by atoms with E-state index in [2.05, 4.69) is 150 Å². The van der Waals surface area contributed by atoms with E-state index < -0.39 is 0 Å². The van der Waals surface area contributed by atoms with Gasteiger partial charge in [-0.05, 0) is 41.7 Å². The van der Waals surface area contributed by atoms with Crippen molar-refractivity contribution in [3.05, 3.63) is 186 Å². The van der Waals surface area contributed by atoms with Crippen molar-refractivity contribution >= 4 is 70.5 Å². The summed E-state index contributed by atoms with van der Waals surface area (Å²) in [4.78, 5) is 0. The largest absolute Gasteiger partial charge is 0.459 e. The van der Waals surface area contributed by atoms with Gasteiger partial charge in [0, 0.05) is 71.4 Å². The van der Waals surface area contributed by atoms with E-state index in [9.17, 15) is 0 Å². The molecule has 0 radical (unpaired) electrons. The molecule has 4 unspecified atom stereocenters. The van der Waals surface area contributed by atoms with Crippen LogP contribution in [0.25, 0.3) is 70.3 Å². The number of nitrogens with one attached hydrogen (secondary N) is 2. The van der Waals surface area contributed by atoms with Crippen LogP contribution in [0.1, 0.15) is 52.9 Å². The van der Waals surface area contributed by atoms with Crippen molar-refractivity contribution in [2.24, 2.45) is 11.7 Å². The molecular weight excluding hydrogens is 719 g/mol. The molecule has 278 valence electrons. The van der Waals surface area contributed by atoms with E-state index in [1.165, 1.54) is 47.8 Å². The zero-order chi connectivity index (χ0) is 37.9. The summed E-state index contributed by atoms with van der Waals surface area (Å²) in [6.45, 7) is 0.708. The summed E-state index contributed by atoms with van der Waals surface area (Å²) >= 11 is 1.88. The molecule has 3 aromatic heterocycles. The smallest absolute Gasteiger partial charge is 0.142 e. The molecule has 2 aliphatic carbocycles. The molecule has 5 nitrogen and oxygen atoms in total. The number of furan rings is 2. The highest BCUT2D eigenvalue weighted by molar-refractivity contribution is 7.26. The predicted octanol–water partition coefficient (Wildman–Crippen LogP) is 12.7. The Labute approximate surface area is 334 Å². The number of thiophene rings is 1. The van der Waals surface area contributed by atoms with Crippen LogP contribution in [0.15, 0.2) is 167 Å². The number of hydrogen-bond donors (Lipinski definition) is 3. The quantitative estimate of drug-likeness (QED) is 0.128. The molecule has 3 heterocycles. The third kappa shape index (κ3) is 5.87. The minimum Gasteiger partial charge on any atom is -0.459 e. The standard InChI is InChI=1S/C51H41N3O2S/c52-50(31-14-3-1-4-15-31)54-51(32-16-5-2-6-17-32)53-30-33-18-9-25-40-41-27-12-26-39(49(41)57-48(33)40)38-24-11-23-37-36-22-10-21-35(46(36)56-47(37)38)34-20-13-29-44-45(34)42-19-7-8-28-43(42)55-44/h1-16,18-20,22-29,32,35,50-51,53-54H,17,21,30,52H2. The first-order valence-corrected chi connectivity index (χ1v) is 20.7. The normalized spacial score (nSPS) is 17.6. The lowest BCUT2D eigenvalue weighted by Gasteiger charge is -2.30. The topological polar surface area (TPSA) is 76.4 Å². The maximum absolute atomic E-state index is 7.10. The van der Waals surface area contributed by atoms with Gasteiger partial charge in [0.1, 0.15) is 22.5 Å². The van der Waals surface area contributed by atoms with E-state index in [-0.39, 0.29) is 24.2 Å². The summed E-state index contributed by atoms with van der Waals surface area (Å²) < 4.78 is 16.0. The zero-order valence-corrected chi connectivity index (χ0v) is 32.1. The van der Waals surface area contributed by atoms with Crippen LogP contribution in [0.3, 0.4) is 0 Å². The molecule has 11 rings (SSSR count). The first-order valence-electron chi connectivity index (χ1n) is 19.9. The van der Waals surface area contributed by atoms with Gasteiger partial charge in [0.05, 0.1) is 12.3 Å². The molecular formula is C51H41N3O2S. The monoisotopic (exact) mass is 759 g/mol. The van der Waals surface area contributed by atoms with Crippen molar-refractivity contribution in [1.82, 2.24) is 10.6 Å². The van der Waals surface area contributed by atoms with E-state index >= 15 is 0 Å². The molecule has 0 spiro atoms. The Balaban J connectivity index is 0.970. The molecule has 4 atom stereocenters. The average Bonchev–Trinajstić information content (AvgIpc) is 3.97. The van der Waals surface area contributed by atoms with Gasteiger partial charge in [0.2, 0.25) is 0 Å². The molecule has 0 bridgehead atoms. The fraction of sp³-hybridized carbons (Fsp3) is 0.137. The predicted molar refractivity (Wildman–Crippen MR) is 237 cm³/mol. The Morgan fingerprint density at radius 1 is 0.667 bits per heavy atom. The van der Waals surface area contributed by atoms with Crippen molar-refractivity contribution in [3.63, 3.8) is 0 Å².